The Hall–Kier alpha value is -1.14. The molecule has 0 spiro atoms. The van der Waals surface area contributed by atoms with Crippen molar-refractivity contribution in [3.05, 3.63) is 35.9 Å². The van der Waals surface area contributed by atoms with E-state index in [0.29, 0.717) is 12.4 Å². The van der Waals surface area contributed by atoms with Crippen molar-refractivity contribution < 1.29 is 9.84 Å². The summed E-state index contributed by atoms with van der Waals surface area (Å²) in [6.45, 7) is 2.29. The molecule has 1 radical (unpaired) electrons. The van der Waals surface area contributed by atoms with E-state index >= 15 is 0 Å². The molecule has 0 unspecified atom stereocenters. The van der Waals surface area contributed by atoms with Crippen LogP contribution in [0.3, 0.4) is 0 Å². The number of fused-ring (bicyclic) bond motifs is 1. The molecule has 1 aliphatic rings. The van der Waals surface area contributed by atoms with E-state index < -0.39 is 0 Å². The molecular formula is C11H22N3O2. The van der Waals surface area contributed by atoms with E-state index in [4.69, 9.17) is 9.84 Å². The van der Waals surface area contributed by atoms with E-state index in [1.165, 1.54) is 21.1 Å². The molecule has 0 aliphatic carbocycles. The van der Waals surface area contributed by atoms with Crippen molar-refractivity contribution in [2.45, 2.75) is 6.61 Å². The summed E-state index contributed by atoms with van der Waals surface area (Å²) in [4.78, 5) is 0. The molecule has 16 heavy (non-hydrogen) atoms. The van der Waals surface area contributed by atoms with Gasteiger partial charge >= 0.3 is 0 Å². The van der Waals surface area contributed by atoms with E-state index in [9.17, 15) is 0 Å². The van der Waals surface area contributed by atoms with Crippen LogP contribution in [0.5, 0.6) is 5.75 Å². The van der Waals surface area contributed by atoms with Crippen LogP contribution < -0.4 is 17.2 Å². The lowest BCUT2D eigenvalue weighted by molar-refractivity contribution is 0.223. The zero-order valence-corrected chi connectivity index (χ0v) is 10.1. The summed E-state index contributed by atoms with van der Waals surface area (Å²) in [5.74, 6) is 0.303. The van der Waals surface area contributed by atoms with Gasteiger partial charge in [0.05, 0.1) is 6.61 Å². The van der Waals surface area contributed by atoms with Gasteiger partial charge in [-0.25, -0.2) is 0 Å². The van der Waals surface area contributed by atoms with Crippen LogP contribution in [-0.4, -0.2) is 26.2 Å². The number of nitrogens with two attached hydrogens (primary N) is 3. The highest BCUT2D eigenvalue weighted by Crippen LogP contribution is 2.24. The molecule has 0 amide bonds. The SMILES string of the molecule is CN.CN.CN.Oc1ccc2c(c1)CO[CH]2. The van der Waals surface area contributed by atoms with E-state index in [-0.39, 0.29) is 0 Å². The van der Waals surface area contributed by atoms with Gasteiger partial charge in [0.2, 0.25) is 0 Å². The van der Waals surface area contributed by atoms with Gasteiger partial charge in [-0.3, -0.25) is 0 Å². The summed E-state index contributed by atoms with van der Waals surface area (Å²) < 4.78 is 5.03. The number of hydrogen-bond donors (Lipinski definition) is 4. The van der Waals surface area contributed by atoms with Crippen molar-refractivity contribution in [2.24, 2.45) is 17.2 Å². The van der Waals surface area contributed by atoms with Gasteiger partial charge < -0.3 is 27.0 Å². The first-order chi connectivity index (χ1) is 7.86. The van der Waals surface area contributed by atoms with Crippen LogP contribution in [0.25, 0.3) is 0 Å². The van der Waals surface area contributed by atoms with Gasteiger partial charge in [-0.1, -0.05) is 6.07 Å². The third-order valence-electron chi connectivity index (χ3n) is 1.58. The molecule has 2 rings (SSSR count). The normalized spacial score (nSPS) is 10.6. The minimum atomic E-state index is 0.303. The average Bonchev–Trinajstić information content (AvgIpc) is 2.84. The quantitative estimate of drug-likeness (QED) is 0.506. The Kier molecular flexibility index (Phi) is 12.9. The first-order valence-electron chi connectivity index (χ1n) is 4.86. The van der Waals surface area contributed by atoms with Gasteiger partial charge in [-0.15, -0.1) is 0 Å². The monoisotopic (exact) mass is 228 g/mol. The van der Waals surface area contributed by atoms with Crippen LogP contribution in [0, 0.1) is 6.61 Å². The Balaban J connectivity index is 0. The minimum Gasteiger partial charge on any atom is -0.508 e. The molecule has 0 fully saturated rings. The van der Waals surface area contributed by atoms with E-state index in [0.717, 1.165) is 11.1 Å². The first-order valence-corrected chi connectivity index (χ1v) is 4.86. The second-order valence-electron chi connectivity index (χ2n) is 2.31. The summed E-state index contributed by atoms with van der Waals surface area (Å²) >= 11 is 0. The van der Waals surface area contributed by atoms with Crippen molar-refractivity contribution in [3.8, 4) is 5.75 Å². The number of rotatable bonds is 0. The van der Waals surface area contributed by atoms with E-state index in [1.807, 2.05) is 6.07 Å². The van der Waals surface area contributed by atoms with Gasteiger partial charge in [0.15, 0.2) is 0 Å². The Morgan fingerprint density at radius 3 is 2.19 bits per heavy atom. The van der Waals surface area contributed by atoms with Gasteiger partial charge in [-0.2, -0.15) is 0 Å². The maximum Gasteiger partial charge on any atom is 0.115 e. The number of benzene rings is 1. The van der Waals surface area contributed by atoms with Crippen LogP contribution in [0.4, 0.5) is 0 Å². The number of ether oxygens (including phenoxy) is 1. The summed E-state index contributed by atoms with van der Waals surface area (Å²) in [6, 6.07) is 5.22. The van der Waals surface area contributed by atoms with Crippen molar-refractivity contribution >= 4 is 0 Å². The highest BCUT2D eigenvalue weighted by Gasteiger charge is 2.10. The molecule has 0 saturated carbocycles. The molecule has 0 aromatic heterocycles. The molecule has 93 valence electrons. The zero-order valence-electron chi connectivity index (χ0n) is 10.1. The zero-order chi connectivity index (χ0) is 13.0. The van der Waals surface area contributed by atoms with Gasteiger partial charge in [0.1, 0.15) is 12.4 Å². The molecule has 0 bridgehead atoms. The molecule has 1 heterocycles. The van der Waals surface area contributed by atoms with Crippen LogP contribution in [-0.2, 0) is 11.3 Å². The molecule has 5 heteroatoms. The summed E-state index contributed by atoms with van der Waals surface area (Å²) in [6.07, 6.45) is 0. The fraction of sp³-hybridized carbons (Fsp3) is 0.364. The van der Waals surface area contributed by atoms with Crippen LogP contribution >= 0.6 is 0 Å². The van der Waals surface area contributed by atoms with Crippen molar-refractivity contribution in [1.82, 2.24) is 0 Å². The van der Waals surface area contributed by atoms with Gasteiger partial charge in [0, 0.05) is 0 Å². The second kappa shape index (κ2) is 11.9. The fourth-order valence-corrected chi connectivity index (χ4v) is 1.05. The van der Waals surface area contributed by atoms with Gasteiger partial charge in [0.25, 0.3) is 0 Å². The largest absolute Gasteiger partial charge is 0.508 e. The van der Waals surface area contributed by atoms with Crippen LogP contribution in [0.1, 0.15) is 11.1 Å². The Morgan fingerprint density at radius 1 is 1.06 bits per heavy atom. The number of aromatic hydroxyl groups is 1. The summed E-state index contributed by atoms with van der Waals surface area (Å²) in [5.41, 5.74) is 15.6. The smallest absolute Gasteiger partial charge is 0.115 e. The Bertz CT molecular complexity index is 267. The molecule has 0 atom stereocenters. The lowest BCUT2D eigenvalue weighted by Crippen LogP contribution is -1.78. The third-order valence-corrected chi connectivity index (χ3v) is 1.58. The third kappa shape index (κ3) is 5.67. The Morgan fingerprint density at radius 2 is 1.62 bits per heavy atom. The standard InChI is InChI=1S/C8H7O2.3CH5N/c9-8-2-1-6-4-10-5-7(6)3-8;3*1-2/h1-4,9H,5H2;3*2H2,1H3. The molecule has 5 nitrogen and oxygen atoms in total. The number of hydrogen-bond acceptors (Lipinski definition) is 5. The fourth-order valence-electron chi connectivity index (χ4n) is 1.05. The van der Waals surface area contributed by atoms with E-state index in [1.54, 1.807) is 18.7 Å². The van der Waals surface area contributed by atoms with Gasteiger partial charge in [-0.05, 0) is 44.4 Å². The molecule has 0 saturated heterocycles. The minimum absolute atomic E-state index is 0.303. The average molecular weight is 228 g/mol. The Labute approximate surface area is 97.2 Å². The maximum atomic E-state index is 9.03. The van der Waals surface area contributed by atoms with Crippen molar-refractivity contribution in [3.63, 3.8) is 0 Å². The number of phenolic OH excluding ortho intramolecular Hbond substituents is 1. The lowest BCUT2D eigenvalue weighted by Gasteiger charge is -1.94. The highest BCUT2D eigenvalue weighted by atomic mass is 16.5. The van der Waals surface area contributed by atoms with Crippen molar-refractivity contribution in [2.75, 3.05) is 21.1 Å². The second-order valence-corrected chi connectivity index (χ2v) is 2.31. The highest BCUT2D eigenvalue weighted by molar-refractivity contribution is 5.39. The number of phenols is 1. The maximum absolute atomic E-state index is 9.03. The molecule has 1 aliphatic heterocycles. The molecule has 1 aromatic carbocycles. The molecule has 1 aromatic rings. The summed E-state index contributed by atoms with van der Waals surface area (Å²) in [7, 11) is 4.50. The lowest BCUT2D eigenvalue weighted by atomic mass is 10.1. The topological polar surface area (TPSA) is 108 Å². The summed E-state index contributed by atoms with van der Waals surface area (Å²) in [5, 5.41) is 9.03. The van der Waals surface area contributed by atoms with E-state index in [2.05, 4.69) is 17.2 Å². The van der Waals surface area contributed by atoms with Crippen LogP contribution in [0.15, 0.2) is 18.2 Å². The van der Waals surface area contributed by atoms with Crippen LogP contribution in [0.2, 0.25) is 0 Å². The van der Waals surface area contributed by atoms with Crippen molar-refractivity contribution in [1.29, 1.82) is 0 Å². The first kappa shape index (κ1) is 17.3. The predicted octanol–water partition coefficient (Wildman–Crippen LogP) is 0.157. The molecular weight excluding hydrogens is 206 g/mol. The predicted molar refractivity (Wildman–Crippen MR) is 66.6 cm³/mol. The molecule has 7 N–H and O–H groups in total.